The highest BCUT2D eigenvalue weighted by atomic mass is 16.5. The molecule has 0 amide bonds. The lowest BCUT2D eigenvalue weighted by atomic mass is 10.2. The summed E-state index contributed by atoms with van der Waals surface area (Å²) in [5.41, 5.74) is 0.717. The number of anilines is 1. The molecule has 0 unspecified atom stereocenters. The molecule has 3 aromatic rings. The van der Waals surface area contributed by atoms with E-state index in [1.54, 1.807) is 11.5 Å². The van der Waals surface area contributed by atoms with Crippen LogP contribution in [-0.2, 0) is 9.47 Å². The van der Waals surface area contributed by atoms with Crippen molar-refractivity contribution >= 4 is 23.0 Å². The lowest BCUT2D eigenvalue weighted by Gasteiger charge is -2.36. The van der Waals surface area contributed by atoms with Crippen molar-refractivity contribution in [2.75, 3.05) is 44.5 Å². The number of benzene rings is 1. The van der Waals surface area contributed by atoms with Crippen LogP contribution in [0.3, 0.4) is 0 Å². The summed E-state index contributed by atoms with van der Waals surface area (Å²) in [6.07, 6.45) is 2.99. The first-order valence-corrected chi connectivity index (χ1v) is 10.4. The molecule has 0 saturated carbocycles. The molecule has 0 radical (unpaired) electrons. The van der Waals surface area contributed by atoms with Crippen molar-refractivity contribution < 1.29 is 14.3 Å². The van der Waals surface area contributed by atoms with Gasteiger partial charge in [0.2, 0.25) is 11.4 Å². The van der Waals surface area contributed by atoms with Crippen LogP contribution in [0.25, 0.3) is 16.7 Å². The Morgan fingerprint density at radius 1 is 1.19 bits per heavy atom. The van der Waals surface area contributed by atoms with E-state index in [1.807, 2.05) is 42.3 Å². The van der Waals surface area contributed by atoms with Crippen LogP contribution in [0.1, 0.15) is 24.2 Å². The zero-order chi connectivity index (χ0) is 21.8. The first-order chi connectivity index (χ1) is 15.1. The molecule has 4 rings (SSSR count). The predicted molar refractivity (Wildman–Crippen MR) is 117 cm³/mol. The zero-order valence-corrected chi connectivity index (χ0v) is 17.7. The number of para-hydroxylation sites is 1. The number of rotatable bonds is 6. The number of fused-ring (bicyclic) bond motifs is 1. The van der Waals surface area contributed by atoms with E-state index in [9.17, 15) is 9.59 Å². The Morgan fingerprint density at radius 2 is 1.94 bits per heavy atom. The number of pyridine rings is 1. The number of hydrazine groups is 1. The van der Waals surface area contributed by atoms with Crippen LogP contribution in [-0.4, -0.2) is 65.0 Å². The number of carbonyl (C=O) groups excluding carboxylic acids is 1. The monoisotopic (exact) mass is 423 g/mol. The molecule has 31 heavy (non-hydrogen) atoms. The summed E-state index contributed by atoms with van der Waals surface area (Å²) in [6, 6.07) is 9.45. The van der Waals surface area contributed by atoms with Crippen LogP contribution in [0.2, 0.25) is 0 Å². The maximum absolute atomic E-state index is 13.0. The number of esters is 1. The molecule has 9 nitrogen and oxygen atoms in total. The number of hydrogen-bond acceptors (Lipinski definition) is 8. The molecule has 0 atom stereocenters. The van der Waals surface area contributed by atoms with Crippen molar-refractivity contribution in [3.8, 4) is 5.69 Å². The average Bonchev–Trinajstić information content (AvgIpc) is 2.81. The highest BCUT2D eigenvalue weighted by Crippen LogP contribution is 2.20. The van der Waals surface area contributed by atoms with Gasteiger partial charge in [-0.1, -0.05) is 18.2 Å². The summed E-state index contributed by atoms with van der Waals surface area (Å²) >= 11 is 0. The Balaban J connectivity index is 1.90. The third kappa shape index (κ3) is 4.14. The van der Waals surface area contributed by atoms with E-state index >= 15 is 0 Å². The first kappa shape index (κ1) is 21.0. The quantitative estimate of drug-likeness (QED) is 0.557. The van der Waals surface area contributed by atoms with E-state index in [0.717, 1.165) is 18.8 Å². The van der Waals surface area contributed by atoms with Gasteiger partial charge in [0.1, 0.15) is 5.56 Å². The van der Waals surface area contributed by atoms with Crippen molar-refractivity contribution in [3.05, 3.63) is 58.5 Å². The molecule has 1 aromatic carbocycles. The SMILES string of the molecule is CCOC(=O)c1cn(-c2ccccc2)c2nc(N(CC)N3CCOCC3)ncc2c1=O. The van der Waals surface area contributed by atoms with Crippen molar-refractivity contribution in [1.82, 2.24) is 19.5 Å². The second kappa shape index (κ2) is 9.23. The van der Waals surface area contributed by atoms with Crippen molar-refractivity contribution in [2.24, 2.45) is 0 Å². The molecule has 1 fully saturated rings. The number of hydrogen-bond donors (Lipinski definition) is 0. The van der Waals surface area contributed by atoms with Gasteiger partial charge in [-0.25, -0.2) is 14.8 Å². The Hall–Kier alpha value is -3.30. The van der Waals surface area contributed by atoms with Crippen LogP contribution in [0.4, 0.5) is 5.95 Å². The molecule has 2 aromatic heterocycles. The fraction of sp³-hybridized carbons (Fsp3) is 0.364. The van der Waals surface area contributed by atoms with Crippen LogP contribution < -0.4 is 10.4 Å². The van der Waals surface area contributed by atoms with Crippen LogP contribution in [0.5, 0.6) is 0 Å². The van der Waals surface area contributed by atoms with Gasteiger partial charge in [-0.05, 0) is 26.0 Å². The largest absolute Gasteiger partial charge is 0.462 e. The normalized spacial score (nSPS) is 14.5. The molecule has 0 bridgehead atoms. The van der Waals surface area contributed by atoms with Crippen molar-refractivity contribution in [2.45, 2.75) is 13.8 Å². The van der Waals surface area contributed by atoms with Gasteiger partial charge in [0, 0.05) is 37.7 Å². The standard InChI is InChI=1S/C22H25N5O4/c1-3-27(25-10-12-30-13-11-25)22-23-14-17-19(28)18(21(29)31-4-2)15-26(20(17)24-22)16-8-6-5-7-9-16/h5-9,14-15H,3-4,10-13H2,1-2H3. The second-order valence-corrected chi connectivity index (χ2v) is 6.99. The molecule has 3 heterocycles. The summed E-state index contributed by atoms with van der Waals surface area (Å²) in [5, 5.41) is 4.39. The Morgan fingerprint density at radius 3 is 2.61 bits per heavy atom. The Labute approximate surface area is 179 Å². The highest BCUT2D eigenvalue weighted by molar-refractivity contribution is 5.93. The Kier molecular flexibility index (Phi) is 6.24. The summed E-state index contributed by atoms with van der Waals surface area (Å²) in [5.74, 6) is -0.170. The number of aromatic nitrogens is 3. The van der Waals surface area contributed by atoms with Gasteiger partial charge in [0.05, 0.1) is 25.2 Å². The molecule has 0 spiro atoms. The summed E-state index contributed by atoms with van der Waals surface area (Å²) in [7, 11) is 0. The summed E-state index contributed by atoms with van der Waals surface area (Å²) in [4.78, 5) is 34.7. The van der Waals surface area contributed by atoms with Gasteiger partial charge < -0.3 is 14.0 Å². The zero-order valence-electron chi connectivity index (χ0n) is 17.7. The Bertz CT molecular complexity index is 1130. The van der Waals surface area contributed by atoms with E-state index in [1.165, 1.54) is 12.4 Å². The molecule has 0 aliphatic carbocycles. The van der Waals surface area contributed by atoms with Crippen LogP contribution in [0.15, 0.2) is 47.5 Å². The molecule has 1 aliphatic rings. The van der Waals surface area contributed by atoms with E-state index in [0.29, 0.717) is 31.4 Å². The molecule has 1 saturated heterocycles. The topological polar surface area (TPSA) is 89.8 Å². The smallest absolute Gasteiger partial charge is 0.343 e. The van der Waals surface area contributed by atoms with Gasteiger partial charge in [-0.3, -0.25) is 9.80 Å². The molecule has 0 N–H and O–H groups in total. The minimum Gasteiger partial charge on any atom is -0.462 e. The maximum atomic E-state index is 13.0. The van der Waals surface area contributed by atoms with E-state index in [2.05, 4.69) is 9.99 Å². The van der Waals surface area contributed by atoms with Gasteiger partial charge >= 0.3 is 5.97 Å². The van der Waals surface area contributed by atoms with Gasteiger partial charge in [0.25, 0.3) is 0 Å². The maximum Gasteiger partial charge on any atom is 0.343 e. The third-order valence-electron chi connectivity index (χ3n) is 5.12. The fourth-order valence-corrected chi connectivity index (χ4v) is 3.63. The summed E-state index contributed by atoms with van der Waals surface area (Å²) < 4.78 is 12.3. The van der Waals surface area contributed by atoms with Crippen molar-refractivity contribution in [3.63, 3.8) is 0 Å². The number of nitrogens with zero attached hydrogens (tertiary/aromatic N) is 5. The third-order valence-corrected chi connectivity index (χ3v) is 5.12. The minimum atomic E-state index is -0.661. The second-order valence-electron chi connectivity index (χ2n) is 6.99. The van der Waals surface area contributed by atoms with Gasteiger partial charge in [-0.15, -0.1) is 0 Å². The molecule has 162 valence electrons. The van der Waals surface area contributed by atoms with Crippen LogP contribution in [0, 0.1) is 0 Å². The number of morpholine rings is 1. The lowest BCUT2D eigenvalue weighted by molar-refractivity contribution is 0.0314. The first-order valence-electron chi connectivity index (χ1n) is 10.4. The van der Waals surface area contributed by atoms with E-state index < -0.39 is 11.4 Å². The van der Waals surface area contributed by atoms with Gasteiger partial charge in [0.15, 0.2) is 5.65 Å². The minimum absolute atomic E-state index is 0.0462. The molecular weight excluding hydrogens is 398 g/mol. The molecule has 9 heteroatoms. The highest BCUT2D eigenvalue weighted by Gasteiger charge is 2.23. The summed E-state index contributed by atoms with van der Waals surface area (Å²) in [6.45, 7) is 7.34. The number of carbonyl (C=O) groups is 1. The molecular formula is C22H25N5O4. The fourth-order valence-electron chi connectivity index (χ4n) is 3.63. The molecule has 1 aliphatic heterocycles. The van der Waals surface area contributed by atoms with Crippen LogP contribution >= 0.6 is 0 Å². The number of ether oxygens (including phenoxy) is 2. The van der Waals surface area contributed by atoms with Gasteiger partial charge in [-0.2, -0.15) is 4.98 Å². The predicted octanol–water partition coefficient (Wildman–Crippen LogP) is 2.03. The average molecular weight is 423 g/mol. The van der Waals surface area contributed by atoms with Crippen molar-refractivity contribution in [1.29, 1.82) is 0 Å². The van der Waals surface area contributed by atoms with E-state index in [-0.39, 0.29) is 17.6 Å². The van der Waals surface area contributed by atoms with E-state index in [4.69, 9.17) is 14.5 Å². The lowest BCUT2D eigenvalue weighted by Crippen LogP contribution is -2.49.